The number of allylic oxidation sites excluding steroid dienone is 5. The van der Waals surface area contributed by atoms with Gasteiger partial charge in [0, 0.05) is 5.57 Å². The van der Waals surface area contributed by atoms with Crippen LogP contribution in [-0.4, -0.2) is 11.1 Å². The lowest BCUT2D eigenvalue weighted by Gasteiger charge is -2.29. The lowest BCUT2D eigenvalue weighted by molar-refractivity contribution is -0.132. The molecule has 0 bridgehead atoms. The first-order valence-electron chi connectivity index (χ1n) is 7.52. The van der Waals surface area contributed by atoms with Gasteiger partial charge in [-0.05, 0) is 43.9 Å². The Bertz CT molecular complexity index is 448. The summed E-state index contributed by atoms with van der Waals surface area (Å²) in [5.74, 6) is -0.165. The molecular weight excluding hydrogens is 248 g/mol. The van der Waals surface area contributed by atoms with Crippen LogP contribution in [0.25, 0.3) is 0 Å². The Morgan fingerprint density at radius 1 is 1.35 bits per heavy atom. The summed E-state index contributed by atoms with van der Waals surface area (Å²) < 4.78 is 0. The lowest BCUT2D eigenvalue weighted by Crippen LogP contribution is -2.17. The Labute approximate surface area is 123 Å². The quantitative estimate of drug-likeness (QED) is 0.683. The number of carbonyl (C=O) groups is 1. The average molecular weight is 276 g/mol. The zero-order valence-electron chi connectivity index (χ0n) is 13.5. The summed E-state index contributed by atoms with van der Waals surface area (Å²) >= 11 is 0. The molecule has 112 valence electrons. The summed E-state index contributed by atoms with van der Waals surface area (Å²) in [5, 5.41) is 8.98. The maximum absolute atomic E-state index is 10.9. The van der Waals surface area contributed by atoms with Crippen molar-refractivity contribution in [3.63, 3.8) is 0 Å². The molecule has 0 amide bonds. The highest BCUT2D eigenvalue weighted by Crippen LogP contribution is 2.37. The molecular formula is C18H28O2. The van der Waals surface area contributed by atoms with Gasteiger partial charge < -0.3 is 5.11 Å². The molecule has 0 atom stereocenters. The molecule has 0 saturated carbocycles. The number of hydrogen-bond donors (Lipinski definition) is 1. The van der Waals surface area contributed by atoms with Crippen molar-refractivity contribution in [2.45, 2.75) is 60.3 Å². The lowest BCUT2D eigenvalue weighted by atomic mass is 9.76. The average Bonchev–Trinajstić information content (AvgIpc) is 2.38. The maximum Gasteiger partial charge on any atom is 0.331 e. The van der Waals surface area contributed by atoms with Crippen LogP contribution in [0.4, 0.5) is 0 Å². The minimum atomic E-state index is -0.784. The Balaban J connectivity index is 2.58. The third-order valence-corrected chi connectivity index (χ3v) is 4.43. The zero-order valence-corrected chi connectivity index (χ0v) is 13.5. The first-order valence-corrected chi connectivity index (χ1v) is 7.52. The van der Waals surface area contributed by atoms with Crippen molar-refractivity contribution >= 4 is 5.97 Å². The molecule has 1 rings (SSSR count). The first kappa shape index (κ1) is 16.7. The molecule has 0 aliphatic heterocycles. The molecule has 0 heterocycles. The molecule has 1 N–H and O–H groups in total. The second kappa shape index (κ2) is 6.92. The van der Waals surface area contributed by atoms with Crippen molar-refractivity contribution in [1.82, 2.24) is 0 Å². The van der Waals surface area contributed by atoms with Gasteiger partial charge in [-0.1, -0.05) is 57.1 Å². The Hall–Kier alpha value is -1.31. The van der Waals surface area contributed by atoms with Crippen molar-refractivity contribution in [2.24, 2.45) is 11.3 Å². The van der Waals surface area contributed by atoms with E-state index in [1.807, 2.05) is 6.08 Å². The van der Waals surface area contributed by atoms with E-state index in [0.29, 0.717) is 17.9 Å². The molecule has 0 aromatic heterocycles. The summed E-state index contributed by atoms with van der Waals surface area (Å²) in [4.78, 5) is 10.9. The van der Waals surface area contributed by atoms with Gasteiger partial charge in [0.2, 0.25) is 0 Å². The van der Waals surface area contributed by atoms with Crippen LogP contribution < -0.4 is 0 Å². The van der Waals surface area contributed by atoms with Gasteiger partial charge in [0.1, 0.15) is 0 Å². The summed E-state index contributed by atoms with van der Waals surface area (Å²) in [7, 11) is 0. The third kappa shape index (κ3) is 4.66. The van der Waals surface area contributed by atoms with Crippen LogP contribution >= 0.6 is 0 Å². The van der Waals surface area contributed by atoms with Crippen LogP contribution in [0.2, 0.25) is 0 Å². The highest BCUT2D eigenvalue weighted by Gasteiger charge is 2.24. The van der Waals surface area contributed by atoms with Crippen LogP contribution in [-0.2, 0) is 4.79 Å². The number of carboxylic acid groups (broad SMARTS) is 1. The molecule has 2 nitrogen and oxygen atoms in total. The second-order valence-corrected chi connectivity index (χ2v) is 6.70. The predicted octanol–water partition coefficient (Wildman–Crippen LogP) is 5.13. The van der Waals surface area contributed by atoms with E-state index in [0.717, 1.165) is 19.3 Å². The van der Waals surface area contributed by atoms with Gasteiger partial charge in [-0.2, -0.15) is 0 Å². The molecule has 0 aromatic carbocycles. The molecule has 0 radical (unpaired) electrons. The Morgan fingerprint density at radius 2 is 2.00 bits per heavy atom. The molecule has 1 aliphatic rings. The van der Waals surface area contributed by atoms with Gasteiger partial charge in [0.25, 0.3) is 0 Å². The van der Waals surface area contributed by atoms with Crippen molar-refractivity contribution < 1.29 is 9.90 Å². The van der Waals surface area contributed by atoms with Crippen molar-refractivity contribution in [3.8, 4) is 0 Å². The van der Waals surface area contributed by atoms with Crippen molar-refractivity contribution in [1.29, 1.82) is 0 Å². The fourth-order valence-corrected chi connectivity index (χ4v) is 2.42. The zero-order chi connectivity index (χ0) is 15.3. The molecule has 0 fully saturated rings. The monoisotopic (exact) mass is 276 g/mol. The normalized spacial score (nSPS) is 17.0. The summed E-state index contributed by atoms with van der Waals surface area (Å²) in [6.45, 7) is 11.2. The molecule has 2 heteroatoms. The predicted molar refractivity (Wildman–Crippen MR) is 84.6 cm³/mol. The summed E-state index contributed by atoms with van der Waals surface area (Å²) in [5.41, 5.74) is 3.50. The van der Waals surface area contributed by atoms with Crippen LogP contribution in [0.1, 0.15) is 60.3 Å². The van der Waals surface area contributed by atoms with Crippen LogP contribution in [0, 0.1) is 11.3 Å². The van der Waals surface area contributed by atoms with Crippen molar-refractivity contribution in [3.05, 3.63) is 34.9 Å². The molecule has 0 spiro atoms. The minimum Gasteiger partial charge on any atom is -0.478 e. The van der Waals surface area contributed by atoms with Crippen LogP contribution in [0.15, 0.2) is 34.9 Å². The molecule has 0 saturated heterocycles. The molecule has 0 aromatic rings. The Kier molecular flexibility index (Phi) is 5.79. The first-order chi connectivity index (χ1) is 9.24. The number of rotatable bonds is 6. The smallest absolute Gasteiger partial charge is 0.331 e. The van der Waals surface area contributed by atoms with E-state index in [4.69, 9.17) is 5.11 Å². The number of aliphatic carboxylic acids is 1. The van der Waals surface area contributed by atoms with Gasteiger partial charge in [-0.3, -0.25) is 0 Å². The fraction of sp³-hybridized carbons (Fsp3) is 0.611. The second-order valence-electron chi connectivity index (χ2n) is 6.70. The van der Waals surface area contributed by atoms with Crippen LogP contribution in [0.3, 0.4) is 0 Å². The Morgan fingerprint density at radius 3 is 2.45 bits per heavy atom. The highest BCUT2D eigenvalue weighted by molar-refractivity contribution is 5.87. The van der Waals surface area contributed by atoms with E-state index in [-0.39, 0.29) is 5.41 Å². The van der Waals surface area contributed by atoms with Gasteiger partial charge in [0.05, 0.1) is 0 Å². The van der Waals surface area contributed by atoms with Crippen molar-refractivity contribution in [2.75, 3.05) is 0 Å². The van der Waals surface area contributed by atoms with E-state index >= 15 is 0 Å². The van der Waals surface area contributed by atoms with E-state index in [1.165, 1.54) is 11.1 Å². The minimum absolute atomic E-state index is 0.147. The highest BCUT2D eigenvalue weighted by atomic mass is 16.4. The summed E-state index contributed by atoms with van der Waals surface area (Å²) in [6, 6.07) is 0. The molecule has 1 aliphatic carbocycles. The third-order valence-electron chi connectivity index (χ3n) is 4.43. The number of hydrogen-bond acceptors (Lipinski definition) is 1. The van der Waals surface area contributed by atoms with E-state index in [1.54, 1.807) is 0 Å². The largest absolute Gasteiger partial charge is 0.478 e. The van der Waals surface area contributed by atoms with E-state index in [9.17, 15) is 4.79 Å². The molecule has 0 unspecified atom stereocenters. The standard InChI is InChI=1S/C18H28O2/c1-13(2)14(3)7-6-12-18(4,5)16-10-8-15(9-11-16)17(19)20/h7-8,11,13H,6,9-10,12H2,1-5H3,(H,19,20)/b14-7+. The maximum atomic E-state index is 10.9. The van der Waals surface area contributed by atoms with Gasteiger partial charge >= 0.3 is 5.97 Å². The van der Waals surface area contributed by atoms with Gasteiger partial charge in [-0.15, -0.1) is 0 Å². The van der Waals surface area contributed by atoms with Gasteiger partial charge in [0.15, 0.2) is 0 Å². The van der Waals surface area contributed by atoms with Crippen LogP contribution in [0.5, 0.6) is 0 Å². The van der Waals surface area contributed by atoms with Gasteiger partial charge in [-0.25, -0.2) is 4.79 Å². The SMILES string of the molecule is C/C(=C\CCC(C)(C)C1=CCC(C(=O)O)=CC1)C(C)C. The fourth-order valence-electron chi connectivity index (χ4n) is 2.42. The van der Waals surface area contributed by atoms with E-state index in [2.05, 4.69) is 46.8 Å². The summed E-state index contributed by atoms with van der Waals surface area (Å²) in [6.07, 6.45) is 9.87. The molecule has 20 heavy (non-hydrogen) atoms. The van der Waals surface area contributed by atoms with E-state index < -0.39 is 5.97 Å². The number of carboxylic acids is 1. The topological polar surface area (TPSA) is 37.3 Å².